The van der Waals surface area contributed by atoms with Crippen molar-refractivity contribution in [3.63, 3.8) is 0 Å². The van der Waals surface area contributed by atoms with Crippen LogP contribution in [0.2, 0.25) is 0 Å². The topological polar surface area (TPSA) is 83.7 Å². The number of guanidine groups is 1. The fourth-order valence-electron chi connectivity index (χ4n) is 3.01. The summed E-state index contributed by atoms with van der Waals surface area (Å²) in [5.41, 5.74) is 1.97. The normalized spacial score (nSPS) is 12.3. The van der Waals surface area contributed by atoms with Crippen LogP contribution in [0, 0.1) is 0 Å². The molecule has 0 radical (unpaired) electrons. The zero-order valence-electron chi connectivity index (χ0n) is 16.8. The number of hydrogen-bond acceptors (Lipinski definition) is 4. The van der Waals surface area contributed by atoms with Crippen molar-refractivity contribution in [2.75, 3.05) is 25.9 Å². The van der Waals surface area contributed by atoms with Crippen LogP contribution in [-0.4, -0.2) is 40.3 Å². The second-order valence-electron chi connectivity index (χ2n) is 6.85. The van der Waals surface area contributed by atoms with Crippen LogP contribution in [0.4, 0.5) is 0 Å². The maximum Gasteiger partial charge on any atom is 0.191 e. The quantitative estimate of drug-likeness (QED) is 0.438. The van der Waals surface area contributed by atoms with Crippen molar-refractivity contribution in [2.45, 2.75) is 24.7 Å². The highest BCUT2D eigenvalue weighted by Gasteiger charge is 2.06. The van der Waals surface area contributed by atoms with Crippen molar-refractivity contribution in [3.05, 3.63) is 65.9 Å². The van der Waals surface area contributed by atoms with Crippen molar-refractivity contribution in [1.29, 1.82) is 0 Å². The molecular weight excluding hydrogens is 386 g/mol. The molecule has 29 heavy (non-hydrogen) atoms. The Bertz CT molecular complexity index is 1040. The largest absolute Gasteiger partial charge is 0.461 e. The van der Waals surface area contributed by atoms with Crippen LogP contribution in [0.3, 0.4) is 0 Å². The van der Waals surface area contributed by atoms with Gasteiger partial charge in [-0.1, -0.05) is 30.3 Å². The van der Waals surface area contributed by atoms with Gasteiger partial charge < -0.3 is 15.1 Å². The van der Waals surface area contributed by atoms with Crippen molar-refractivity contribution in [1.82, 2.24) is 10.6 Å². The van der Waals surface area contributed by atoms with Gasteiger partial charge in [0.05, 0.1) is 4.90 Å². The van der Waals surface area contributed by atoms with Crippen LogP contribution in [-0.2, 0) is 22.7 Å². The van der Waals surface area contributed by atoms with E-state index in [0.29, 0.717) is 18.0 Å². The molecule has 0 spiro atoms. The summed E-state index contributed by atoms with van der Waals surface area (Å²) in [6, 6.07) is 17.0. The number of hydrogen-bond donors (Lipinski definition) is 2. The van der Waals surface area contributed by atoms with Crippen LogP contribution < -0.4 is 10.6 Å². The average Bonchev–Trinajstić information content (AvgIpc) is 3.10. The lowest BCUT2D eigenvalue weighted by molar-refractivity contribution is 0.550. The summed E-state index contributed by atoms with van der Waals surface area (Å²) < 4.78 is 28.9. The Morgan fingerprint density at radius 2 is 1.79 bits per heavy atom. The second-order valence-corrected chi connectivity index (χ2v) is 8.87. The Labute approximate surface area is 172 Å². The lowest BCUT2D eigenvalue weighted by Crippen LogP contribution is -2.38. The fraction of sp³-hybridized carbons (Fsp3) is 0.318. The van der Waals surface area contributed by atoms with Gasteiger partial charge in [0.1, 0.15) is 11.3 Å². The molecule has 0 saturated carbocycles. The molecule has 6 nitrogen and oxygen atoms in total. The molecular formula is C22H27N3O3S. The van der Waals surface area contributed by atoms with Crippen LogP contribution in [0.1, 0.15) is 18.2 Å². The molecule has 1 heterocycles. The lowest BCUT2D eigenvalue weighted by atomic mass is 10.1. The fourth-order valence-corrected chi connectivity index (χ4v) is 3.64. The molecule has 1 aromatic heterocycles. The molecule has 7 heteroatoms. The average molecular weight is 414 g/mol. The first-order valence-corrected chi connectivity index (χ1v) is 11.6. The van der Waals surface area contributed by atoms with E-state index >= 15 is 0 Å². The van der Waals surface area contributed by atoms with Crippen molar-refractivity contribution in [3.8, 4) is 0 Å². The Morgan fingerprint density at radius 3 is 2.48 bits per heavy atom. The van der Waals surface area contributed by atoms with Crippen LogP contribution in [0.25, 0.3) is 11.0 Å². The van der Waals surface area contributed by atoms with Gasteiger partial charge >= 0.3 is 0 Å². The summed E-state index contributed by atoms with van der Waals surface area (Å²) >= 11 is 0. The van der Waals surface area contributed by atoms with Gasteiger partial charge in [0.15, 0.2) is 15.8 Å². The van der Waals surface area contributed by atoms with Gasteiger partial charge in [0.2, 0.25) is 0 Å². The van der Waals surface area contributed by atoms with E-state index in [-0.39, 0.29) is 0 Å². The molecule has 2 N–H and O–H groups in total. The van der Waals surface area contributed by atoms with Crippen molar-refractivity contribution < 1.29 is 12.8 Å². The number of rotatable bonds is 8. The molecule has 0 fully saturated rings. The molecule has 3 rings (SSSR count). The van der Waals surface area contributed by atoms with E-state index in [2.05, 4.69) is 21.7 Å². The first-order chi connectivity index (χ1) is 14.0. The Hall–Kier alpha value is -2.80. The molecule has 0 amide bonds. The monoisotopic (exact) mass is 413 g/mol. The van der Waals surface area contributed by atoms with E-state index < -0.39 is 9.84 Å². The van der Waals surface area contributed by atoms with E-state index in [9.17, 15) is 8.42 Å². The van der Waals surface area contributed by atoms with Crippen molar-refractivity contribution in [2.24, 2.45) is 4.99 Å². The zero-order valence-corrected chi connectivity index (χ0v) is 17.6. The number of fused-ring (bicyclic) bond motifs is 1. The second kappa shape index (κ2) is 9.60. The maximum absolute atomic E-state index is 11.5. The van der Waals surface area contributed by atoms with Gasteiger partial charge in [0.25, 0.3) is 0 Å². The number of para-hydroxylation sites is 1. The molecule has 154 valence electrons. The summed E-state index contributed by atoms with van der Waals surface area (Å²) in [6.07, 6.45) is 2.73. The van der Waals surface area contributed by atoms with Crippen LogP contribution >= 0.6 is 0 Å². The highest BCUT2D eigenvalue weighted by Crippen LogP contribution is 2.19. The van der Waals surface area contributed by atoms with Gasteiger partial charge in [-0.05, 0) is 43.2 Å². The van der Waals surface area contributed by atoms with Crippen molar-refractivity contribution >= 4 is 26.8 Å². The Balaban J connectivity index is 1.51. The minimum absolute atomic E-state index is 0.342. The SMILES string of the molecule is CCNC(=NCCc1cc2ccccc2o1)NCCc1ccc(S(C)(=O)=O)cc1. The van der Waals surface area contributed by atoms with E-state index in [1.54, 1.807) is 12.1 Å². The number of furan rings is 1. The van der Waals surface area contributed by atoms with E-state index in [1.807, 2.05) is 43.3 Å². The molecule has 0 saturated heterocycles. The molecule has 3 aromatic rings. The molecule has 0 unspecified atom stereocenters. The molecule has 0 aliphatic carbocycles. The first kappa shape index (κ1) is 20.9. The van der Waals surface area contributed by atoms with E-state index in [1.165, 1.54) is 6.26 Å². The third-order valence-corrected chi connectivity index (χ3v) is 5.63. The molecule has 0 atom stereocenters. The third kappa shape index (κ3) is 6.09. The molecule has 2 aromatic carbocycles. The highest BCUT2D eigenvalue weighted by atomic mass is 32.2. The minimum Gasteiger partial charge on any atom is -0.461 e. The lowest BCUT2D eigenvalue weighted by Gasteiger charge is -2.11. The summed E-state index contributed by atoms with van der Waals surface area (Å²) in [5.74, 6) is 1.69. The van der Waals surface area contributed by atoms with Gasteiger partial charge in [-0.15, -0.1) is 0 Å². The number of sulfone groups is 1. The van der Waals surface area contributed by atoms with Gasteiger partial charge in [-0.2, -0.15) is 0 Å². The van der Waals surface area contributed by atoms with E-state index in [0.717, 1.165) is 47.6 Å². The highest BCUT2D eigenvalue weighted by molar-refractivity contribution is 7.90. The number of nitrogens with one attached hydrogen (secondary N) is 2. The smallest absolute Gasteiger partial charge is 0.191 e. The van der Waals surface area contributed by atoms with Gasteiger partial charge in [0, 0.05) is 37.7 Å². The summed E-state index contributed by atoms with van der Waals surface area (Å²) in [5, 5.41) is 7.67. The Kier molecular flexibility index (Phi) is 6.93. The predicted molar refractivity (Wildman–Crippen MR) is 117 cm³/mol. The number of benzene rings is 2. The number of nitrogens with zero attached hydrogens (tertiary/aromatic N) is 1. The van der Waals surface area contributed by atoms with Crippen LogP contribution in [0.5, 0.6) is 0 Å². The van der Waals surface area contributed by atoms with E-state index in [4.69, 9.17) is 4.42 Å². The predicted octanol–water partition coefficient (Wildman–Crippen LogP) is 3.18. The maximum atomic E-state index is 11.5. The number of aliphatic imine (C=N–C) groups is 1. The standard InChI is InChI=1S/C22H27N3O3S/c1-3-23-22(24-14-12-17-8-10-20(11-9-17)29(2,26)27)25-15-13-19-16-18-6-4-5-7-21(18)28-19/h4-11,16H,3,12-15H2,1-2H3,(H2,23,24,25). The third-order valence-electron chi connectivity index (χ3n) is 4.51. The van der Waals surface area contributed by atoms with Crippen LogP contribution in [0.15, 0.2) is 68.9 Å². The van der Waals surface area contributed by atoms with Gasteiger partial charge in [-0.25, -0.2) is 8.42 Å². The minimum atomic E-state index is -3.16. The zero-order chi connectivity index (χ0) is 20.7. The summed E-state index contributed by atoms with van der Waals surface area (Å²) in [6.45, 7) is 4.13. The first-order valence-electron chi connectivity index (χ1n) is 9.74. The molecule has 0 bridgehead atoms. The molecule has 0 aliphatic heterocycles. The van der Waals surface area contributed by atoms with Gasteiger partial charge in [-0.3, -0.25) is 4.99 Å². The summed E-state index contributed by atoms with van der Waals surface area (Å²) in [7, 11) is -3.16. The summed E-state index contributed by atoms with van der Waals surface area (Å²) in [4.78, 5) is 4.95. The Morgan fingerprint density at radius 1 is 1.03 bits per heavy atom. The molecule has 0 aliphatic rings.